The SMILES string of the molecule is CCCCCCCCCCCCCCOc1ccc(C(=O)Cl)cc1OC. The summed E-state index contributed by atoms with van der Waals surface area (Å²) < 4.78 is 11.0. The second-order valence-electron chi connectivity index (χ2n) is 6.88. The fraction of sp³-hybridized carbons (Fsp3) is 0.682. The quantitative estimate of drug-likeness (QED) is 0.225. The molecule has 0 atom stereocenters. The van der Waals surface area contributed by atoms with Gasteiger partial charge in [0.2, 0.25) is 0 Å². The van der Waals surface area contributed by atoms with E-state index in [9.17, 15) is 4.79 Å². The van der Waals surface area contributed by atoms with Gasteiger partial charge in [0.15, 0.2) is 11.5 Å². The Labute approximate surface area is 164 Å². The summed E-state index contributed by atoms with van der Waals surface area (Å²) >= 11 is 5.48. The van der Waals surface area contributed by atoms with Crippen molar-refractivity contribution in [3.05, 3.63) is 23.8 Å². The predicted octanol–water partition coefficient (Wildman–Crippen LogP) is 7.15. The van der Waals surface area contributed by atoms with Crippen LogP contribution < -0.4 is 9.47 Å². The zero-order valence-corrected chi connectivity index (χ0v) is 17.3. The minimum absolute atomic E-state index is 0.418. The third kappa shape index (κ3) is 10.1. The molecule has 0 aromatic heterocycles. The third-order valence-corrected chi connectivity index (χ3v) is 4.86. The highest BCUT2D eigenvalue weighted by molar-refractivity contribution is 6.67. The van der Waals surface area contributed by atoms with Crippen molar-refractivity contribution in [2.24, 2.45) is 0 Å². The van der Waals surface area contributed by atoms with Crippen LogP contribution >= 0.6 is 11.6 Å². The van der Waals surface area contributed by atoms with E-state index in [2.05, 4.69) is 6.92 Å². The zero-order valence-electron chi connectivity index (χ0n) is 16.5. The molecule has 1 aromatic rings. The first kappa shape index (κ1) is 22.8. The summed E-state index contributed by atoms with van der Waals surface area (Å²) in [6.07, 6.45) is 15.9. The molecule has 0 amide bonds. The zero-order chi connectivity index (χ0) is 19.0. The molecule has 26 heavy (non-hydrogen) atoms. The van der Waals surface area contributed by atoms with Crippen LogP contribution in [0.2, 0.25) is 0 Å². The van der Waals surface area contributed by atoms with Gasteiger partial charge in [-0.15, -0.1) is 0 Å². The molecule has 0 unspecified atom stereocenters. The van der Waals surface area contributed by atoms with Crippen molar-refractivity contribution in [2.75, 3.05) is 13.7 Å². The monoisotopic (exact) mass is 382 g/mol. The second kappa shape index (κ2) is 14.9. The van der Waals surface area contributed by atoms with Crippen LogP contribution in [0.1, 0.15) is 94.3 Å². The molecule has 1 rings (SSSR count). The number of unbranched alkanes of at least 4 members (excludes halogenated alkanes) is 11. The van der Waals surface area contributed by atoms with Gasteiger partial charge in [-0.1, -0.05) is 77.6 Å². The molecule has 0 aliphatic rings. The van der Waals surface area contributed by atoms with Crippen LogP contribution in [-0.4, -0.2) is 19.0 Å². The first-order chi connectivity index (χ1) is 12.7. The van der Waals surface area contributed by atoms with Crippen LogP contribution in [0, 0.1) is 0 Å². The van der Waals surface area contributed by atoms with Gasteiger partial charge in [0.05, 0.1) is 13.7 Å². The van der Waals surface area contributed by atoms with Crippen LogP contribution in [0.15, 0.2) is 18.2 Å². The predicted molar refractivity (Wildman–Crippen MR) is 110 cm³/mol. The Morgan fingerprint density at radius 3 is 1.88 bits per heavy atom. The highest BCUT2D eigenvalue weighted by atomic mass is 35.5. The molecule has 4 heteroatoms. The smallest absolute Gasteiger partial charge is 0.252 e. The van der Waals surface area contributed by atoms with E-state index in [1.54, 1.807) is 25.3 Å². The molecule has 0 aliphatic heterocycles. The number of ether oxygens (including phenoxy) is 2. The van der Waals surface area contributed by atoms with E-state index < -0.39 is 5.24 Å². The molecule has 3 nitrogen and oxygen atoms in total. The average molecular weight is 383 g/mol. The number of carbonyl (C=O) groups excluding carboxylic acids is 1. The maximum Gasteiger partial charge on any atom is 0.252 e. The van der Waals surface area contributed by atoms with E-state index in [1.165, 1.54) is 70.6 Å². The van der Waals surface area contributed by atoms with Crippen molar-refractivity contribution >= 4 is 16.8 Å². The van der Waals surface area contributed by atoms with Crippen molar-refractivity contribution in [1.29, 1.82) is 0 Å². The molecule has 0 spiro atoms. The van der Waals surface area contributed by atoms with Gasteiger partial charge < -0.3 is 9.47 Å². The van der Waals surface area contributed by atoms with Crippen LogP contribution in [0.5, 0.6) is 11.5 Å². The molecule has 0 fully saturated rings. The van der Waals surface area contributed by atoms with Gasteiger partial charge in [-0.2, -0.15) is 0 Å². The molecule has 0 saturated heterocycles. The van der Waals surface area contributed by atoms with Crippen molar-refractivity contribution in [3.8, 4) is 11.5 Å². The first-order valence-electron chi connectivity index (χ1n) is 10.2. The largest absolute Gasteiger partial charge is 0.493 e. The van der Waals surface area contributed by atoms with E-state index in [0.29, 0.717) is 23.7 Å². The number of hydrogen-bond acceptors (Lipinski definition) is 3. The van der Waals surface area contributed by atoms with Gasteiger partial charge in [0.25, 0.3) is 5.24 Å². The highest BCUT2D eigenvalue weighted by Gasteiger charge is 2.09. The molecule has 0 heterocycles. The first-order valence-corrected chi connectivity index (χ1v) is 10.6. The fourth-order valence-electron chi connectivity index (χ4n) is 3.03. The van der Waals surface area contributed by atoms with Gasteiger partial charge in [-0.3, -0.25) is 4.79 Å². The van der Waals surface area contributed by atoms with Crippen LogP contribution in [-0.2, 0) is 0 Å². The third-order valence-electron chi connectivity index (χ3n) is 4.65. The van der Waals surface area contributed by atoms with E-state index >= 15 is 0 Å². The summed E-state index contributed by atoms with van der Waals surface area (Å²) in [4.78, 5) is 11.2. The molecule has 0 bridgehead atoms. The molecule has 0 radical (unpaired) electrons. The lowest BCUT2D eigenvalue weighted by atomic mass is 10.1. The Morgan fingerprint density at radius 2 is 1.38 bits per heavy atom. The molecule has 0 N–H and O–H groups in total. The molecular formula is C22H35ClO3. The molecule has 148 valence electrons. The summed E-state index contributed by atoms with van der Waals surface area (Å²) in [5.41, 5.74) is 0.418. The van der Waals surface area contributed by atoms with Gasteiger partial charge in [0.1, 0.15) is 0 Å². The summed E-state index contributed by atoms with van der Waals surface area (Å²) in [6, 6.07) is 5.03. The maximum atomic E-state index is 11.2. The second-order valence-corrected chi connectivity index (χ2v) is 7.22. The summed E-state index contributed by atoms with van der Waals surface area (Å²) in [5, 5.41) is -0.490. The number of halogens is 1. The van der Waals surface area contributed by atoms with E-state index in [-0.39, 0.29) is 0 Å². The molecular weight excluding hydrogens is 348 g/mol. The summed E-state index contributed by atoms with van der Waals surface area (Å²) in [7, 11) is 1.56. The van der Waals surface area contributed by atoms with Crippen molar-refractivity contribution in [1.82, 2.24) is 0 Å². The van der Waals surface area contributed by atoms with Crippen LogP contribution in [0.4, 0.5) is 0 Å². The number of rotatable bonds is 16. The lowest BCUT2D eigenvalue weighted by Gasteiger charge is -2.11. The highest BCUT2D eigenvalue weighted by Crippen LogP contribution is 2.28. The van der Waals surface area contributed by atoms with E-state index in [0.717, 1.165) is 6.42 Å². The number of methoxy groups -OCH3 is 1. The van der Waals surface area contributed by atoms with Crippen LogP contribution in [0.25, 0.3) is 0 Å². The summed E-state index contributed by atoms with van der Waals surface area (Å²) in [5.74, 6) is 1.22. The normalized spacial score (nSPS) is 10.7. The van der Waals surface area contributed by atoms with Gasteiger partial charge in [0, 0.05) is 5.56 Å². The fourth-order valence-corrected chi connectivity index (χ4v) is 3.15. The van der Waals surface area contributed by atoms with E-state index in [1.807, 2.05) is 0 Å². The molecule has 1 aromatic carbocycles. The van der Waals surface area contributed by atoms with Crippen molar-refractivity contribution in [2.45, 2.75) is 84.0 Å². The summed E-state index contributed by atoms with van der Waals surface area (Å²) in [6.45, 7) is 2.93. The number of carbonyl (C=O) groups is 1. The molecule has 0 aliphatic carbocycles. The van der Waals surface area contributed by atoms with Gasteiger partial charge in [-0.05, 0) is 36.2 Å². The minimum Gasteiger partial charge on any atom is -0.493 e. The average Bonchev–Trinajstić information content (AvgIpc) is 2.65. The van der Waals surface area contributed by atoms with Crippen LogP contribution in [0.3, 0.4) is 0 Å². The standard InChI is InChI=1S/C22H35ClO3/c1-3-4-5-6-7-8-9-10-11-12-13-14-17-26-20-16-15-19(22(23)24)18-21(20)25-2/h15-16,18H,3-14,17H2,1-2H3. The Balaban J connectivity index is 2.03. The lowest BCUT2D eigenvalue weighted by Crippen LogP contribution is -2.00. The number of hydrogen-bond donors (Lipinski definition) is 0. The Morgan fingerprint density at radius 1 is 0.846 bits per heavy atom. The Bertz CT molecular complexity index is 502. The van der Waals surface area contributed by atoms with Gasteiger partial charge >= 0.3 is 0 Å². The van der Waals surface area contributed by atoms with Gasteiger partial charge in [-0.25, -0.2) is 0 Å². The number of benzene rings is 1. The molecule has 0 saturated carbocycles. The minimum atomic E-state index is -0.490. The topological polar surface area (TPSA) is 35.5 Å². The Hall–Kier alpha value is -1.22. The lowest BCUT2D eigenvalue weighted by molar-refractivity contribution is 0.108. The van der Waals surface area contributed by atoms with Crippen molar-refractivity contribution in [3.63, 3.8) is 0 Å². The maximum absolute atomic E-state index is 11.2. The van der Waals surface area contributed by atoms with E-state index in [4.69, 9.17) is 21.1 Å². The van der Waals surface area contributed by atoms with Crippen molar-refractivity contribution < 1.29 is 14.3 Å². The Kier molecular flexibility index (Phi) is 13.1.